The minimum atomic E-state index is 0.866. The topological polar surface area (TPSA) is 25.4 Å². The van der Waals surface area contributed by atoms with Crippen LogP contribution in [0.15, 0.2) is 36.4 Å². The molecule has 18 heavy (non-hydrogen) atoms. The highest BCUT2D eigenvalue weighted by Crippen LogP contribution is 2.12. The largest absolute Gasteiger partial charge is 0.379 e. The highest BCUT2D eigenvalue weighted by atomic mass is 16.5. The molecule has 1 aliphatic rings. The van der Waals surface area contributed by atoms with Gasteiger partial charge in [-0.05, 0) is 12.1 Å². The average Bonchev–Trinajstić information content (AvgIpc) is 2.46. The molecule has 0 radical (unpaired) electrons. The van der Waals surface area contributed by atoms with Crippen LogP contribution in [0.3, 0.4) is 0 Å². The van der Waals surface area contributed by atoms with E-state index in [0.717, 1.165) is 44.8 Å². The summed E-state index contributed by atoms with van der Waals surface area (Å²) in [6.45, 7) is 4.91. The fourth-order valence-corrected chi connectivity index (χ4v) is 2.34. The first-order valence-electron chi connectivity index (χ1n) is 6.56. The van der Waals surface area contributed by atoms with Gasteiger partial charge in [0.25, 0.3) is 0 Å². The van der Waals surface area contributed by atoms with Gasteiger partial charge in [0.15, 0.2) is 0 Å². The van der Waals surface area contributed by atoms with Crippen molar-refractivity contribution in [3.63, 3.8) is 0 Å². The summed E-state index contributed by atoms with van der Waals surface area (Å²) in [5, 5.41) is 1.22. The van der Waals surface area contributed by atoms with Gasteiger partial charge in [-0.3, -0.25) is 9.88 Å². The molecule has 0 amide bonds. The van der Waals surface area contributed by atoms with E-state index >= 15 is 0 Å². The summed E-state index contributed by atoms with van der Waals surface area (Å²) in [4.78, 5) is 7.15. The number of nitrogens with zero attached hydrogens (tertiary/aromatic N) is 2. The van der Waals surface area contributed by atoms with Gasteiger partial charge < -0.3 is 4.74 Å². The standard InChI is InChI=1S/C15H18N2O/c1-2-4-15-13(3-1)5-6-14(16-15)7-8-17-9-11-18-12-10-17/h1-6H,7-12H2. The van der Waals surface area contributed by atoms with Gasteiger partial charge in [-0.25, -0.2) is 0 Å². The van der Waals surface area contributed by atoms with Crippen molar-refractivity contribution >= 4 is 10.9 Å². The Morgan fingerprint density at radius 2 is 1.89 bits per heavy atom. The van der Waals surface area contributed by atoms with E-state index in [0.29, 0.717) is 0 Å². The second-order valence-corrected chi connectivity index (χ2v) is 4.70. The first kappa shape index (κ1) is 11.6. The molecule has 0 aliphatic carbocycles. The summed E-state index contributed by atoms with van der Waals surface area (Å²) in [5.41, 5.74) is 2.28. The van der Waals surface area contributed by atoms with Crippen molar-refractivity contribution in [3.8, 4) is 0 Å². The van der Waals surface area contributed by atoms with E-state index in [1.54, 1.807) is 0 Å². The molecule has 3 rings (SSSR count). The number of para-hydroxylation sites is 1. The second-order valence-electron chi connectivity index (χ2n) is 4.70. The van der Waals surface area contributed by atoms with Crippen LogP contribution < -0.4 is 0 Å². The number of pyridine rings is 1. The maximum absolute atomic E-state index is 5.35. The Bertz CT molecular complexity index is 521. The molecule has 2 aromatic rings. The Kier molecular flexibility index (Phi) is 3.53. The number of aromatic nitrogens is 1. The molecule has 0 unspecified atom stereocenters. The van der Waals surface area contributed by atoms with Crippen molar-refractivity contribution in [1.82, 2.24) is 9.88 Å². The lowest BCUT2D eigenvalue weighted by atomic mass is 10.2. The molecule has 94 valence electrons. The predicted molar refractivity (Wildman–Crippen MR) is 72.7 cm³/mol. The van der Waals surface area contributed by atoms with E-state index in [9.17, 15) is 0 Å². The number of hydrogen-bond donors (Lipinski definition) is 0. The van der Waals surface area contributed by atoms with Crippen molar-refractivity contribution in [2.45, 2.75) is 6.42 Å². The van der Waals surface area contributed by atoms with Crippen molar-refractivity contribution in [3.05, 3.63) is 42.1 Å². The van der Waals surface area contributed by atoms with Crippen LogP contribution >= 0.6 is 0 Å². The van der Waals surface area contributed by atoms with Crippen LogP contribution in [0.4, 0.5) is 0 Å². The Labute approximate surface area is 107 Å². The number of morpholine rings is 1. The number of benzene rings is 1. The van der Waals surface area contributed by atoms with Crippen LogP contribution in [-0.4, -0.2) is 42.7 Å². The van der Waals surface area contributed by atoms with Crippen molar-refractivity contribution in [2.75, 3.05) is 32.8 Å². The Balaban J connectivity index is 1.66. The van der Waals surface area contributed by atoms with E-state index in [2.05, 4.69) is 35.2 Å². The molecular weight excluding hydrogens is 224 g/mol. The van der Waals surface area contributed by atoms with Gasteiger partial charge in [0.1, 0.15) is 0 Å². The highest BCUT2D eigenvalue weighted by molar-refractivity contribution is 5.78. The fraction of sp³-hybridized carbons (Fsp3) is 0.400. The van der Waals surface area contributed by atoms with Gasteiger partial charge in [0, 0.05) is 37.1 Å². The van der Waals surface area contributed by atoms with E-state index in [1.165, 1.54) is 11.1 Å². The lowest BCUT2D eigenvalue weighted by Crippen LogP contribution is -2.37. The molecule has 0 atom stereocenters. The molecular formula is C15H18N2O. The zero-order chi connectivity index (χ0) is 12.2. The van der Waals surface area contributed by atoms with Gasteiger partial charge in [0.2, 0.25) is 0 Å². The Hall–Kier alpha value is -1.45. The molecule has 1 aromatic heterocycles. The molecule has 1 fully saturated rings. The van der Waals surface area contributed by atoms with Crippen molar-refractivity contribution < 1.29 is 4.74 Å². The van der Waals surface area contributed by atoms with E-state index < -0.39 is 0 Å². The number of rotatable bonds is 3. The Morgan fingerprint density at radius 1 is 1.06 bits per heavy atom. The summed E-state index contributed by atoms with van der Waals surface area (Å²) < 4.78 is 5.35. The summed E-state index contributed by atoms with van der Waals surface area (Å²) >= 11 is 0. The molecule has 1 saturated heterocycles. The first-order valence-corrected chi connectivity index (χ1v) is 6.56. The van der Waals surface area contributed by atoms with Crippen molar-refractivity contribution in [1.29, 1.82) is 0 Å². The SMILES string of the molecule is c1ccc2nc(CCN3CCOCC3)ccc2c1. The first-order chi connectivity index (χ1) is 8.92. The van der Waals surface area contributed by atoms with Gasteiger partial charge in [-0.15, -0.1) is 0 Å². The third-order valence-electron chi connectivity index (χ3n) is 3.44. The predicted octanol–water partition coefficient (Wildman–Crippen LogP) is 2.11. The third-order valence-corrected chi connectivity index (χ3v) is 3.44. The van der Waals surface area contributed by atoms with Crippen LogP contribution in [0.5, 0.6) is 0 Å². The molecule has 0 spiro atoms. The molecule has 2 heterocycles. The summed E-state index contributed by atoms with van der Waals surface area (Å²) in [6, 6.07) is 12.6. The number of hydrogen-bond acceptors (Lipinski definition) is 3. The highest BCUT2D eigenvalue weighted by Gasteiger charge is 2.10. The maximum Gasteiger partial charge on any atom is 0.0705 e. The van der Waals surface area contributed by atoms with Crippen LogP contribution in [0, 0.1) is 0 Å². The van der Waals surface area contributed by atoms with Gasteiger partial charge in [-0.2, -0.15) is 0 Å². The summed E-state index contributed by atoms with van der Waals surface area (Å²) in [5.74, 6) is 0. The second kappa shape index (κ2) is 5.46. The normalized spacial score (nSPS) is 17.1. The van der Waals surface area contributed by atoms with E-state index in [-0.39, 0.29) is 0 Å². The average molecular weight is 242 g/mol. The lowest BCUT2D eigenvalue weighted by Gasteiger charge is -2.26. The maximum atomic E-state index is 5.35. The number of ether oxygens (including phenoxy) is 1. The molecule has 3 heteroatoms. The zero-order valence-corrected chi connectivity index (χ0v) is 10.5. The van der Waals surface area contributed by atoms with Crippen LogP contribution in [0.2, 0.25) is 0 Å². The molecule has 1 aliphatic heterocycles. The summed E-state index contributed by atoms with van der Waals surface area (Å²) in [7, 11) is 0. The monoisotopic (exact) mass is 242 g/mol. The molecule has 0 bridgehead atoms. The zero-order valence-electron chi connectivity index (χ0n) is 10.5. The van der Waals surface area contributed by atoms with Gasteiger partial charge in [0.05, 0.1) is 18.7 Å². The van der Waals surface area contributed by atoms with E-state index in [1.807, 2.05) is 6.07 Å². The van der Waals surface area contributed by atoms with Crippen LogP contribution in [0.1, 0.15) is 5.69 Å². The lowest BCUT2D eigenvalue weighted by molar-refractivity contribution is 0.0383. The minimum Gasteiger partial charge on any atom is -0.379 e. The van der Waals surface area contributed by atoms with Gasteiger partial charge in [-0.1, -0.05) is 24.3 Å². The van der Waals surface area contributed by atoms with Gasteiger partial charge >= 0.3 is 0 Å². The molecule has 0 N–H and O–H groups in total. The third kappa shape index (κ3) is 2.68. The van der Waals surface area contributed by atoms with Crippen LogP contribution in [-0.2, 0) is 11.2 Å². The fourth-order valence-electron chi connectivity index (χ4n) is 2.34. The number of fused-ring (bicyclic) bond motifs is 1. The van der Waals surface area contributed by atoms with Crippen LogP contribution in [0.25, 0.3) is 10.9 Å². The quantitative estimate of drug-likeness (QED) is 0.824. The Morgan fingerprint density at radius 3 is 2.78 bits per heavy atom. The molecule has 1 aromatic carbocycles. The van der Waals surface area contributed by atoms with E-state index in [4.69, 9.17) is 9.72 Å². The minimum absolute atomic E-state index is 0.866. The molecule has 3 nitrogen and oxygen atoms in total. The summed E-state index contributed by atoms with van der Waals surface area (Å²) in [6.07, 6.45) is 1.02. The smallest absolute Gasteiger partial charge is 0.0705 e. The van der Waals surface area contributed by atoms with Crippen molar-refractivity contribution in [2.24, 2.45) is 0 Å². The molecule has 0 saturated carbocycles.